The summed E-state index contributed by atoms with van der Waals surface area (Å²) in [6.07, 6.45) is 0.978. The monoisotopic (exact) mass is 292 g/mol. The predicted molar refractivity (Wildman–Crippen MR) is 86.7 cm³/mol. The lowest BCUT2D eigenvalue weighted by molar-refractivity contribution is 0.492. The van der Waals surface area contributed by atoms with Gasteiger partial charge in [-0.1, -0.05) is 38.1 Å². The second-order valence-corrected chi connectivity index (χ2v) is 6.62. The van der Waals surface area contributed by atoms with Crippen molar-refractivity contribution in [3.8, 4) is 6.07 Å². The Bertz CT molecular complexity index is 771. The van der Waals surface area contributed by atoms with Crippen molar-refractivity contribution < 1.29 is 0 Å². The number of rotatable bonds is 2. The molecule has 0 bridgehead atoms. The van der Waals surface area contributed by atoms with Crippen LogP contribution in [-0.2, 0) is 5.41 Å². The molecule has 0 amide bonds. The topological polar surface area (TPSA) is 61.6 Å². The van der Waals surface area contributed by atoms with E-state index in [0.717, 1.165) is 17.7 Å². The van der Waals surface area contributed by atoms with Crippen molar-refractivity contribution in [3.05, 3.63) is 52.2 Å². The van der Waals surface area contributed by atoms with Gasteiger partial charge in [-0.05, 0) is 42.4 Å². The number of aryl methyl sites for hydroxylation is 1. The molecule has 1 aliphatic rings. The fourth-order valence-corrected chi connectivity index (χ4v) is 3.29. The zero-order valence-electron chi connectivity index (χ0n) is 13.4. The molecule has 0 saturated carbocycles. The second kappa shape index (κ2) is 5.10. The molecule has 3 rings (SSSR count). The van der Waals surface area contributed by atoms with Gasteiger partial charge in [-0.15, -0.1) is 5.10 Å². The van der Waals surface area contributed by atoms with Crippen LogP contribution in [0.2, 0.25) is 0 Å². The SMILES string of the molecule is Cc1nnc(NC2CC(C)(C)c3ccccc32)c(C#N)c1C. The molecule has 22 heavy (non-hydrogen) atoms. The number of nitriles is 1. The first-order valence-electron chi connectivity index (χ1n) is 7.54. The highest BCUT2D eigenvalue weighted by Gasteiger charge is 2.36. The highest BCUT2D eigenvalue weighted by molar-refractivity contribution is 5.58. The second-order valence-electron chi connectivity index (χ2n) is 6.62. The lowest BCUT2D eigenvalue weighted by Gasteiger charge is -2.20. The Morgan fingerprint density at radius 2 is 1.95 bits per heavy atom. The number of hydrogen-bond acceptors (Lipinski definition) is 4. The van der Waals surface area contributed by atoms with Crippen molar-refractivity contribution in [2.75, 3.05) is 5.32 Å². The van der Waals surface area contributed by atoms with Crippen LogP contribution in [0.1, 0.15) is 54.3 Å². The molecule has 4 nitrogen and oxygen atoms in total. The third-order valence-electron chi connectivity index (χ3n) is 4.66. The number of nitrogens with one attached hydrogen (secondary N) is 1. The van der Waals surface area contributed by atoms with Crippen LogP contribution < -0.4 is 5.32 Å². The maximum absolute atomic E-state index is 9.44. The molecule has 112 valence electrons. The van der Waals surface area contributed by atoms with Gasteiger partial charge in [0, 0.05) is 0 Å². The van der Waals surface area contributed by atoms with Crippen LogP contribution in [0.4, 0.5) is 5.82 Å². The van der Waals surface area contributed by atoms with Crippen molar-refractivity contribution in [2.24, 2.45) is 0 Å². The number of nitrogens with zero attached hydrogens (tertiary/aromatic N) is 3. The minimum Gasteiger partial charge on any atom is -0.361 e. The minimum absolute atomic E-state index is 0.119. The van der Waals surface area contributed by atoms with E-state index in [-0.39, 0.29) is 11.5 Å². The third kappa shape index (κ3) is 2.23. The van der Waals surface area contributed by atoms with Crippen molar-refractivity contribution in [1.29, 1.82) is 5.26 Å². The molecule has 1 N–H and O–H groups in total. The van der Waals surface area contributed by atoms with Crippen LogP contribution in [0.25, 0.3) is 0 Å². The highest BCUT2D eigenvalue weighted by Crippen LogP contribution is 2.45. The quantitative estimate of drug-likeness (QED) is 0.914. The number of benzene rings is 1. The summed E-state index contributed by atoms with van der Waals surface area (Å²) in [5.41, 5.74) is 5.06. The fraction of sp³-hybridized carbons (Fsp3) is 0.389. The van der Waals surface area contributed by atoms with Crippen molar-refractivity contribution >= 4 is 5.82 Å². The molecule has 1 atom stereocenters. The average molecular weight is 292 g/mol. The Hall–Kier alpha value is -2.41. The molecule has 1 unspecified atom stereocenters. The Labute approximate surface area is 131 Å². The van der Waals surface area contributed by atoms with Gasteiger partial charge in [-0.3, -0.25) is 0 Å². The van der Waals surface area contributed by atoms with Crippen LogP contribution >= 0.6 is 0 Å². The summed E-state index contributed by atoms with van der Waals surface area (Å²) in [5, 5.41) is 21.3. The Morgan fingerprint density at radius 3 is 2.68 bits per heavy atom. The summed E-state index contributed by atoms with van der Waals surface area (Å²) in [6.45, 7) is 8.30. The average Bonchev–Trinajstić information content (AvgIpc) is 2.75. The first-order chi connectivity index (χ1) is 10.4. The van der Waals surface area contributed by atoms with E-state index in [1.807, 2.05) is 13.8 Å². The molecule has 1 aliphatic carbocycles. The molecular weight excluding hydrogens is 272 g/mol. The molecule has 1 heterocycles. The van der Waals surface area contributed by atoms with E-state index in [4.69, 9.17) is 0 Å². The summed E-state index contributed by atoms with van der Waals surface area (Å²) < 4.78 is 0. The summed E-state index contributed by atoms with van der Waals surface area (Å²) >= 11 is 0. The molecule has 2 aromatic rings. The van der Waals surface area contributed by atoms with Crippen LogP contribution in [0.15, 0.2) is 24.3 Å². The Morgan fingerprint density at radius 1 is 1.23 bits per heavy atom. The first-order valence-corrected chi connectivity index (χ1v) is 7.54. The Balaban J connectivity index is 2.00. The van der Waals surface area contributed by atoms with Crippen LogP contribution in [0.3, 0.4) is 0 Å². The van der Waals surface area contributed by atoms with E-state index in [2.05, 4.69) is 59.7 Å². The zero-order valence-corrected chi connectivity index (χ0v) is 13.4. The summed E-state index contributed by atoms with van der Waals surface area (Å²) in [7, 11) is 0. The Kier molecular flexibility index (Phi) is 3.37. The molecule has 0 radical (unpaired) electrons. The summed E-state index contributed by atoms with van der Waals surface area (Å²) in [5.74, 6) is 0.586. The van der Waals surface area contributed by atoms with Crippen LogP contribution in [0, 0.1) is 25.2 Å². The standard InChI is InChI=1S/C18H20N4/c1-11-12(2)21-22-17(14(11)10-19)20-16-9-18(3,4)15-8-6-5-7-13(15)16/h5-8,16H,9H2,1-4H3,(H,20,22). The molecular formula is C18H20N4. The molecule has 1 aromatic carbocycles. The van der Waals surface area contributed by atoms with E-state index >= 15 is 0 Å². The number of fused-ring (bicyclic) bond motifs is 1. The van der Waals surface area contributed by atoms with Gasteiger partial charge in [-0.2, -0.15) is 10.4 Å². The smallest absolute Gasteiger partial charge is 0.167 e. The maximum Gasteiger partial charge on any atom is 0.167 e. The molecule has 1 aromatic heterocycles. The lowest BCUT2D eigenvalue weighted by atomic mass is 9.86. The van der Waals surface area contributed by atoms with Gasteiger partial charge >= 0.3 is 0 Å². The molecule has 0 saturated heterocycles. The lowest BCUT2D eigenvalue weighted by Crippen LogP contribution is -2.16. The van der Waals surface area contributed by atoms with Crippen molar-refractivity contribution in [1.82, 2.24) is 10.2 Å². The number of aromatic nitrogens is 2. The van der Waals surface area contributed by atoms with Crippen LogP contribution in [-0.4, -0.2) is 10.2 Å². The molecule has 0 aliphatic heterocycles. The van der Waals surface area contributed by atoms with Gasteiger partial charge in [0.2, 0.25) is 0 Å². The molecule has 0 spiro atoms. The van der Waals surface area contributed by atoms with Gasteiger partial charge in [0.15, 0.2) is 5.82 Å². The van der Waals surface area contributed by atoms with E-state index in [1.54, 1.807) is 0 Å². The van der Waals surface area contributed by atoms with Gasteiger partial charge < -0.3 is 5.32 Å². The van der Waals surface area contributed by atoms with Crippen molar-refractivity contribution in [2.45, 2.75) is 45.6 Å². The fourth-order valence-electron chi connectivity index (χ4n) is 3.29. The number of anilines is 1. The number of hydrogen-bond donors (Lipinski definition) is 1. The van der Waals surface area contributed by atoms with Gasteiger partial charge in [0.25, 0.3) is 0 Å². The van der Waals surface area contributed by atoms with Crippen molar-refractivity contribution in [3.63, 3.8) is 0 Å². The van der Waals surface area contributed by atoms with E-state index in [9.17, 15) is 5.26 Å². The normalized spacial score (nSPS) is 18.6. The maximum atomic E-state index is 9.44. The largest absolute Gasteiger partial charge is 0.361 e. The van der Waals surface area contributed by atoms with Gasteiger partial charge in [0.1, 0.15) is 11.6 Å². The van der Waals surface area contributed by atoms with E-state index in [0.29, 0.717) is 11.4 Å². The van der Waals surface area contributed by atoms with Gasteiger partial charge in [0.05, 0.1) is 11.7 Å². The van der Waals surface area contributed by atoms with E-state index in [1.165, 1.54) is 11.1 Å². The zero-order chi connectivity index (χ0) is 15.9. The molecule has 0 fully saturated rings. The summed E-state index contributed by atoms with van der Waals surface area (Å²) in [4.78, 5) is 0. The summed E-state index contributed by atoms with van der Waals surface area (Å²) in [6, 6.07) is 10.9. The highest BCUT2D eigenvalue weighted by atomic mass is 15.2. The van der Waals surface area contributed by atoms with E-state index < -0.39 is 0 Å². The minimum atomic E-state index is 0.119. The predicted octanol–water partition coefficient (Wildman–Crippen LogP) is 3.80. The third-order valence-corrected chi connectivity index (χ3v) is 4.66. The van der Waals surface area contributed by atoms with Gasteiger partial charge in [-0.25, -0.2) is 0 Å². The molecule has 4 heteroatoms. The first kappa shape index (κ1) is 14.5. The van der Waals surface area contributed by atoms with Crippen LogP contribution in [0.5, 0.6) is 0 Å².